The first kappa shape index (κ1) is 30.2. The van der Waals surface area contributed by atoms with Crippen molar-refractivity contribution in [2.24, 2.45) is 0 Å². The number of hydrogen-bond acceptors (Lipinski definition) is 6. The summed E-state index contributed by atoms with van der Waals surface area (Å²) >= 11 is 0. The molecule has 3 aromatic carbocycles. The lowest BCUT2D eigenvalue weighted by atomic mass is 10.0. The molecule has 0 saturated carbocycles. The highest BCUT2D eigenvalue weighted by molar-refractivity contribution is 5.93. The molecule has 4 rings (SSSR count). The molecule has 0 aliphatic carbocycles. The first-order valence-corrected chi connectivity index (χ1v) is 14.1. The highest BCUT2D eigenvalue weighted by atomic mass is 16.5. The number of carbonyl (C=O) groups excluding carboxylic acids is 3. The van der Waals surface area contributed by atoms with Gasteiger partial charge < -0.3 is 14.6 Å². The van der Waals surface area contributed by atoms with E-state index in [0.29, 0.717) is 30.6 Å². The van der Waals surface area contributed by atoms with E-state index in [-0.39, 0.29) is 18.9 Å². The fourth-order valence-electron chi connectivity index (χ4n) is 4.64. The van der Waals surface area contributed by atoms with Gasteiger partial charge in [-0.05, 0) is 41.7 Å². The standard InChI is InChI=1S/C33H36N4O5/c1-2-3-14-30-34-21-29(32(39)35-28(20-31(38)36-41)19-24-10-6-4-7-11-24)37(30)22-25-15-17-27(18-16-25)33(40)42-23-26-12-8-5-9-13-26/h4-13,15-18,21,28,41H,2-3,14,19-20,22-23H2,1H3,(H,35,39)(H,36,38). The van der Waals surface area contributed by atoms with E-state index >= 15 is 0 Å². The van der Waals surface area contributed by atoms with E-state index in [9.17, 15) is 14.4 Å². The fourth-order valence-corrected chi connectivity index (χ4v) is 4.64. The van der Waals surface area contributed by atoms with E-state index in [1.165, 1.54) is 0 Å². The minimum Gasteiger partial charge on any atom is -0.457 e. The number of amides is 2. The van der Waals surface area contributed by atoms with Crippen LogP contribution in [0.15, 0.2) is 91.1 Å². The van der Waals surface area contributed by atoms with Crippen LogP contribution in [-0.2, 0) is 35.5 Å². The zero-order valence-corrected chi connectivity index (χ0v) is 23.7. The Morgan fingerprint density at radius 3 is 2.21 bits per heavy atom. The normalized spacial score (nSPS) is 11.5. The summed E-state index contributed by atoms with van der Waals surface area (Å²) in [6, 6.07) is 25.6. The van der Waals surface area contributed by atoms with Gasteiger partial charge in [0.1, 0.15) is 18.1 Å². The van der Waals surface area contributed by atoms with Crippen LogP contribution < -0.4 is 10.8 Å². The van der Waals surface area contributed by atoms with E-state index in [1.54, 1.807) is 23.8 Å². The summed E-state index contributed by atoms with van der Waals surface area (Å²) in [4.78, 5) is 42.6. The molecule has 1 aromatic heterocycles. The van der Waals surface area contributed by atoms with Gasteiger partial charge in [0.05, 0.1) is 11.8 Å². The van der Waals surface area contributed by atoms with Gasteiger partial charge in [0, 0.05) is 25.4 Å². The summed E-state index contributed by atoms with van der Waals surface area (Å²) in [5, 5.41) is 12.0. The van der Waals surface area contributed by atoms with Crippen LogP contribution in [0, 0.1) is 0 Å². The number of benzene rings is 3. The van der Waals surface area contributed by atoms with Crippen LogP contribution >= 0.6 is 0 Å². The molecule has 0 saturated heterocycles. The molecule has 218 valence electrons. The third-order valence-electron chi connectivity index (χ3n) is 6.88. The van der Waals surface area contributed by atoms with Crippen molar-refractivity contribution in [3.05, 3.63) is 125 Å². The minimum absolute atomic E-state index is 0.0875. The lowest BCUT2D eigenvalue weighted by Crippen LogP contribution is -2.41. The van der Waals surface area contributed by atoms with Gasteiger partial charge >= 0.3 is 5.97 Å². The van der Waals surface area contributed by atoms with Crippen molar-refractivity contribution in [1.82, 2.24) is 20.3 Å². The average Bonchev–Trinajstić information content (AvgIpc) is 3.42. The van der Waals surface area contributed by atoms with Crippen LogP contribution in [0.4, 0.5) is 0 Å². The molecule has 0 spiro atoms. The molecular weight excluding hydrogens is 532 g/mol. The number of rotatable bonds is 14. The molecule has 3 N–H and O–H groups in total. The summed E-state index contributed by atoms with van der Waals surface area (Å²) in [7, 11) is 0. The number of esters is 1. The second-order valence-electron chi connectivity index (χ2n) is 10.1. The van der Waals surface area contributed by atoms with Crippen molar-refractivity contribution < 1.29 is 24.3 Å². The number of ether oxygens (including phenoxy) is 1. The van der Waals surface area contributed by atoms with Gasteiger partial charge in [-0.2, -0.15) is 0 Å². The number of carbonyl (C=O) groups is 3. The third-order valence-corrected chi connectivity index (χ3v) is 6.88. The van der Waals surface area contributed by atoms with Gasteiger partial charge in [-0.15, -0.1) is 0 Å². The molecule has 0 aliphatic heterocycles. The smallest absolute Gasteiger partial charge is 0.338 e. The lowest BCUT2D eigenvalue weighted by Gasteiger charge is -2.19. The van der Waals surface area contributed by atoms with E-state index < -0.39 is 17.9 Å². The molecule has 42 heavy (non-hydrogen) atoms. The van der Waals surface area contributed by atoms with Gasteiger partial charge in [0.25, 0.3) is 5.91 Å². The molecule has 0 aliphatic rings. The number of unbranched alkanes of at least 4 members (excludes halogenated alkanes) is 1. The Hall–Kier alpha value is -4.76. The van der Waals surface area contributed by atoms with Crippen LogP contribution in [0.3, 0.4) is 0 Å². The summed E-state index contributed by atoms with van der Waals surface area (Å²) in [5.41, 5.74) is 5.22. The van der Waals surface area contributed by atoms with Gasteiger partial charge in [-0.3, -0.25) is 14.8 Å². The molecule has 2 amide bonds. The minimum atomic E-state index is -0.587. The highest BCUT2D eigenvalue weighted by Crippen LogP contribution is 2.16. The molecule has 4 aromatic rings. The van der Waals surface area contributed by atoms with Crippen molar-refractivity contribution in [3.8, 4) is 0 Å². The van der Waals surface area contributed by atoms with Crippen LogP contribution in [-0.4, -0.2) is 38.6 Å². The van der Waals surface area contributed by atoms with E-state index in [1.807, 2.05) is 77.4 Å². The molecule has 1 atom stereocenters. The molecule has 0 radical (unpaired) electrons. The second-order valence-corrected chi connectivity index (χ2v) is 10.1. The van der Waals surface area contributed by atoms with Crippen LogP contribution in [0.2, 0.25) is 0 Å². The van der Waals surface area contributed by atoms with Crippen molar-refractivity contribution >= 4 is 17.8 Å². The first-order chi connectivity index (χ1) is 20.5. The zero-order valence-electron chi connectivity index (χ0n) is 23.7. The van der Waals surface area contributed by atoms with E-state index in [0.717, 1.165) is 35.4 Å². The maximum Gasteiger partial charge on any atom is 0.338 e. The molecule has 1 unspecified atom stereocenters. The maximum atomic E-state index is 13.5. The third kappa shape index (κ3) is 8.62. The van der Waals surface area contributed by atoms with Crippen molar-refractivity contribution in [1.29, 1.82) is 0 Å². The molecule has 0 fully saturated rings. The van der Waals surface area contributed by atoms with Gasteiger partial charge in [-0.25, -0.2) is 15.3 Å². The summed E-state index contributed by atoms with van der Waals surface area (Å²) in [6.45, 7) is 2.67. The highest BCUT2D eigenvalue weighted by Gasteiger charge is 2.22. The Morgan fingerprint density at radius 2 is 1.57 bits per heavy atom. The number of nitrogens with one attached hydrogen (secondary N) is 2. The molecule has 0 bridgehead atoms. The predicted molar refractivity (Wildman–Crippen MR) is 158 cm³/mol. The van der Waals surface area contributed by atoms with E-state index in [4.69, 9.17) is 9.94 Å². The first-order valence-electron chi connectivity index (χ1n) is 14.1. The van der Waals surface area contributed by atoms with Gasteiger partial charge in [-0.1, -0.05) is 86.1 Å². The Balaban J connectivity index is 1.49. The number of nitrogens with zero attached hydrogens (tertiary/aromatic N) is 2. The quantitative estimate of drug-likeness (QED) is 0.113. The summed E-state index contributed by atoms with van der Waals surface area (Å²) in [5.74, 6) is -0.581. The second kappa shape index (κ2) is 15.3. The number of imidazole rings is 1. The Labute approximate surface area is 245 Å². The topological polar surface area (TPSA) is 123 Å². The molecule has 9 nitrogen and oxygen atoms in total. The SMILES string of the molecule is CCCCc1ncc(C(=O)NC(CC(=O)NO)Cc2ccccc2)n1Cc1ccc(C(=O)OCc2ccccc2)cc1. The monoisotopic (exact) mass is 568 g/mol. The van der Waals surface area contributed by atoms with Gasteiger partial charge in [0.2, 0.25) is 5.91 Å². The summed E-state index contributed by atoms with van der Waals surface area (Å²) in [6.07, 6.45) is 4.48. The Bertz CT molecular complexity index is 1450. The van der Waals surface area contributed by atoms with E-state index in [2.05, 4.69) is 17.2 Å². The maximum absolute atomic E-state index is 13.5. The summed E-state index contributed by atoms with van der Waals surface area (Å²) < 4.78 is 7.31. The number of hydroxylamine groups is 1. The average molecular weight is 569 g/mol. The van der Waals surface area contributed by atoms with Crippen molar-refractivity contribution in [3.63, 3.8) is 0 Å². The van der Waals surface area contributed by atoms with Crippen molar-refractivity contribution in [2.45, 2.75) is 58.2 Å². The predicted octanol–water partition coefficient (Wildman–Crippen LogP) is 4.87. The Kier molecular flexibility index (Phi) is 11.0. The lowest BCUT2D eigenvalue weighted by molar-refractivity contribution is -0.129. The van der Waals surface area contributed by atoms with Crippen LogP contribution in [0.5, 0.6) is 0 Å². The number of aryl methyl sites for hydroxylation is 1. The molecular formula is C33H36N4O5. The fraction of sp³-hybridized carbons (Fsp3) is 0.273. The van der Waals surface area contributed by atoms with Crippen LogP contribution in [0.25, 0.3) is 0 Å². The van der Waals surface area contributed by atoms with Crippen LogP contribution in [0.1, 0.15) is 69.5 Å². The zero-order chi connectivity index (χ0) is 29.7. The number of hydrogen-bond donors (Lipinski definition) is 3. The largest absolute Gasteiger partial charge is 0.457 e. The van der Waals surface area contributed by atoms with Crippen molar-refractivity contribution in [2.75, 3.05) is 0 Å². The molecule has 1 heterocycles. The molecule has 9 heteroatoms. The number of aromatic nitrogens is 2. The Morgan fingerprint density at radius 1 is 0.905 bits per heavy atom. The van der Waals surface area contributed by atoms with Gasteiger partial charge in [0.15, 0.2) is 0 Å².